The zero-order valence-electron chi connectivity index (χ0n) is 13.6. The third-order valence-electron chi connectivity index (χ3n) is 3.89. The van der Waals surface area contributed by atoms with E-state index in [1.807, 2.05) is 34.9 Å². The van der Waals surface area contributed by atoms with Crippen LogP contribution in [-0.4, -0.2) is 24.2 Å². The molecule has 6 nitrogen and oxygen atoms in total. The van der Waals surface area contributed by atoms with E-state index in [1.165, 1.54) is 0 Å². The van der Waals surface area contributed by atoms with Crippen LogP contribution in [0.25, 0.3) is 10.9 Å². The molecule has 0 bridgehead atoms. The number of nitrogen functional groups attached to an aromatic ring is 1. The van der Waals surface area contributed by atoms with Crippen molar-refractivity contribution in [1.82, 2.24) is 9.97 Å². The van der Waals surface area contributed by atoms with Gasteiger partial charge >= 0.3 is 0 Å². The maximum atomic E-state index is 6.36. The number of hydrogen-bond acceptors (Lipinski definition) is 5. The number of aromatic nitrogens is 3. The molecule has 0 aliphatic rings. The largest absolute Gasteiger partial charge is 0.493 e. The van der Waals surface area contributed by atoms with Gasteiger partial charge in [0.05, 0.1) is 26.2 Å². The Morgan fingerprint density at radius 1 is 1.21 bits per heavy atom. The van der Waals surface area contributed by atoms with Crippen molar-refractivity contribution in [2.75, 3.05) is 20.0 Å². The van der Waals surface area contributed by atoms with Gasteiger partial charge in [-0.05, 0) is 24.4 Å². The third kappa shape index (κ3) is 3.03. The second-order valence-corrected chi connectivity index (χ2v) is 5.68. The molecule has 0 saturated heterocycles. The Morgan fingerprint density at radius 2 is 1.96 bits per heavy atom. The molecule has 3 aromatic rings. The fourth-order valence-electron chi connectivity index (χ4n) is 2.63. The normalized spacial score (nSPS) is 10.8. The molecule has 0 aliphatic carbocycles. The number of fused-ring (bicyclic) bond motifs is 1. The van der Waals surface area contributed by atoms with Crippen LogP contribution in [-0.2, 0) is 13.0 Å². The second-order valence-electron chi connectivity index (χ2n) is 5.29. The molecule has 3 N–H and O–H groups in total. The quantitative estimate of drug-likeness (QED) is 0.549. The number of H-pyrrole nitrogens is 1. The van der Waals surface area contributed by atoms with E-state index < -0.39 is 0 Å². The van der Waals surface area contributed by atoms with E-state index >= 15 is 0 Å². The zero-order chi connectivity index (χ0) is 17.1. The molecule has 2 heterocycles. The molecule has 0 spiro atoms. The number of nitrogens with zero attached hydrogens (tertiary/aromatic N) is 2. The summed E-state index contributed by atoms with van der Waals surface area (Å²) >= 11 is 5.46. The van der Waals surface area contributed by atoms with Crippen LogP contribution >= 0.6 is 12.2 Å². The monoisotopic (exact) mass is 343 g/mol. The van der Waals surface area contributed by atoms with Gasteiger partial charge in [0.15, 0.2) is 11.5 Å². The average Bonchev–Trinajstić information content (AvgIpc) is 2.61. The van der Waals surface area contributed by atoms with Gasteiger partial charge in [-0.1, -0.05) is 6.07 Å². The Bertz CT molecular complexity index is 925. The maximum absolute atomic E-state index is 6.36. The van der Waals surface area contributed by atoms with Crippen molar-refractivity contribution in [2.45, 2.75) is 13.0 Å². The average molecular weight is 343 g/mol. The highest BCUT2D eigenvalue weighted by Crippen LogP contribution is 2.32. The second kappa shape index (κ2) is 6.84. The van der Waals surface area contributed by atoms with Crippen molar-refractivity contribution in [3.63, 3.8) is 0 Å². The molecule has 0 unspecified atom stereocenters. The number of ether oxygens (including phenoxy) is 2. The minimum atomic E-state index is 0.558. The lowest BCUT2D eigenvalue weighted by molar-refractivity contribution is -0.690. The number of rotatable bonds is 5. The number of aromatic amines is 1. The molecule has 0 amide bonds. The summed E-state index contributed by atoms with van der Waals surface area (Å²) in [6.07, 6.45) is 2.52. The first-order chi connectivity index (χ1) is 11.6. The number of anilines is 1. The van der Waals surface area contributed by atoms with Crippen LogP contribution in [0.2, 0.25) is 0 Å². The molecule has 0 radical (unpaired) electrons. The van der Waals surface area contributed by atoms with Gasteiger partial charge in [0.1, 0.15) is 5.52 Å². The third-order valence-corrected chi connectivity index (χ3v) is 4.22. The minimum Gasteiger partial charge on any atom is -0.493 e. The van der Waals surface area contributed by atoms with E-state index in [2.05, 4.69) is 9.97 Å². The first-order valence-corrected chi connectivity index (χ1v) is 7.92. The Hall–Kier alpha value is -2.67. The standard InChI is InChI=1S/C17H18N4O2S/c1-22-14-9-12-13(10-15(14)23-2)20-17(24)21(16(12)18)8-6-11-5-3-4-7-19-11/h3-5,7,9-10H,6,8H2,1-2H3,(H2,18,20,24)/p+1. The number of nitrogens with two attached hydrogens (primary N) is 1. The number of hydrogen-bond donors (Lipinski definition) is 2. The predicted octanol–water partition coefficient (Wildman–Crippen LogP) is 2.42. The highest BCUT2D eigenvalue weighted by Gasteiger charge is 2.16. The summed E-state index contributed by atoms with van der Waals surface area (Å²) in [6, 6.07) is 9.54. The van der Waals surface area contributed by atoms with Gasteiger partial charge < -0.3 is 15.2 Å². The SMILES string of the molecule is COc1cc2[nH]c(=S)[n+](CCc3ccccn3)c(N)c2cc1OC. The molecule has 0 atom stereocenters. The first kappa shape index (κ1) is 16.2. The first-order valence-electron chi connectivity index (χ1n) is 7.51. The van der Waals surface area contributed by atoms with Gasteiger partial charge in [0, 0.05) is 30.4 Å². The number of aryl methyl sites for hydroxylation is 1. The Labute approximate surface area is 144 Å². The van der Waals surface area contributed by atoms with Crippen LogP contribution in [0.5, 0.6) is 11.5 Å². The lowest BCUT2D eigenvalue weighted by atomic mass is 10.2. The van der Waals surface area contributed by atoms with Gasteiger partial charge in [-0.2, -0.15) is 0 Å². The fourth-order valence-corrected chi connectivity index (χ4v) is 2.93. The highest BCUT2D eigenvalue weighted by molar-refractivity contribution is 7.71. The molecule has 2 aromatic heterocycles. The lowest BCUT2D eigenvalue weighted by Crippen LogP contribution is -2.40. The van der Waals surface area contributed by atoms with Crippen molar-refractivity contribution < 1.29 is 14.0 Å². The van der Waals surface area contributed by atoms with E-state index in [0.29, 0.717) is 28.6 Å². The predicted molar refractivity (Wildman–Crippen MR) is 94.8 cm³/mol. The molecule has 0 saturated carbocycles. The Morgan fingerprint density at radius 3 is 2.62 bits per heavy atom. The molecule has 0 fully saturated rings. The molecule has 7 heteroatoms. The van der Waals surface area contributed by atoms with Crippen LogP contribution < -0.4 is 19.8 Å². The summed E-state index contributed by atoms with van der Waals surface area (Å²) in [4.78, 5) is 7.53. The lowest BCUT2D eigenvalue weighted by Gasteiger charge is -2.11. The minimum absolute atomic E-state index is 0.558. The van der Waals surface area contributed by atoms with Gasteiger partial charge in [-0.3, -0.25) is 9.97 Å². The summed E-state index contributed by atoms with van der Waals surface area (Å²) in [7, 11) is 3.19. The van der Waals surface area contributed by atoms with Gasteiger partial charge in [-0.25, -0.2) is 4.57 Å². The molecule has 0 aliphatic heterocycles. The summed E-state index contributed by atoms with van der Waals surface area (Å²) in [5.74, 6) is 1.84. The van der Waals surface area contributed by atoms with E-state index in [9.17, 15) is 0 Å². The number of benzene rings is 1. The van der Waals surface area contributed by atoms with E-state index in [4.69, 9.17) is 27.4 Å². The van der Waals surface area contributed by atoms with Crippen molar-refractivity contribution in [3.05, 3.63) is 47.0 Å². The van der Waals surface area contributed by atoms with E-state index in [0.717, 1.165) is 23.0 Å². The highest BCUT2D eigenvalue weighted by atomic mass is 32.1. The van der Waals surface area contributed by atoms with Gasteiger partial charge in [0.25, 0.3) is 4.77 Å². The Balaban J connectivity index is 2.04. The van der Waals surface area contributed by atoms with Crippen molar-refractivity contribution in [2.24, 2.45) is 0 Å². The Kier molecular flexibility index (Phi) is 4.61. The molecular formula is C17H19N4O2S+. The molecule has 24 heavy (non-hydrogen) atoms. The molecular weight excluding hydrogens is 324 g/mol. The summed E-state index contributed by atoms with van der Waals surface area (Å²) in [5.41, 5.74) is 8.16. The number of methoxy groups -OCH3 is 2. The van der Waals surface area contributed by atoms with Crippen LogP contribution in [0.4, 0.5) is 5.82 Å². The fraction of sp³-hybridized carbons (Fsp3) is 0.235. The van der Waals surface area contributed by atoms with Crippen LogP contribution in [0.1, 0.15) is 5.69 Å². The van der Waals surface area contributed by atoms with Gasteiger partial charge in [0.2, 0.25) is 5.82 Å². The number of pyridine rings is 1. The summed E-state index contributed by atoms with van der Waals surface area (Å²) < 4.78 is 13.1. The van der Waals surface area contributed by atoms with E-state index in [1.54, 1.807) is 20.4 Å². The molecule has 3 rings (SSSR count). The molecule has 1 aromatic carbocycles. The smallest absolute Gasteiger partial charge is 0.295 e. The van der Waals surface area contributed by atoms with Crippen LogP contribution in [0.15, 0.2) is 36.5 Å². The van der Waals surface area contributed by atoms with E-state index in [-0.39, 0.29) is 0 Å². The van der Waals surface area contributed by atoms with Crippen LogP contribution in [0.3, 0.4) is 0 Å². The zero-order valence-corrected chi connectivity index (χ0v) is 14.4. The maximum Gasteiger partial charge on any atom is 0.295 e. The summed E-state index contributed by atoms with van der Waals surface area (Å²) in [5, 5.41) is 0.835. The molecule has 124 valence electrons. The van der Waals surface area contributed by atoms with Crippen LogP contribution in [0, 0.1) is 4.77 Å². The topological polar surface area (TPSA) is 77.0 Å². The van der Waals surface area contributed by atoms with Crippen molar-refractivity contribution in [1.29, 1.82) is 0 Å². The van der Waals surface area contributed by atoms with Gasteiger partial charge in [-0.15, -0.1) is 0 Å². The summed E-state index contributed by atoms with van der Waals surface area (Å²) in [6.45, 7) is 0.641. The van der Waals surface area contributed by atoms with Crippen molar-refractivity contribution >= 4 is 28.9 Å². The number of nitrogens with one attached hydrogen (secondary N) is 1. The van der Waals surface area contributed by atoms with Crippen molar-refractivity contribution in [3.8, 4) is 11.5 Å².